The molecule has 1 heterocycles. The Hall–Kier alpha value is -5.92. The minimum Gasteiger partial charge on any atom is -0.456 e. The third kappa shape index (κ3) is 4.24. The molecular weight excluding hydrogens is 544 g/mol. The molecule has 0 unspecified atom stereocenters. The Labute approximate surface area is 261 Å². The van der Waals surface area contributed by atoms with E-state index in [2.05, 4.69) is 164 Å². The summed E-state index contributed by atoms with van der Waals surface area (Å²) in [6.07, 6.45) is 0. The van der Waals surface area contributed by atoms with Crippen molar-refractivity contribution in [3.63, 3.8) is 0 Å². The SMILES string of the molecule is c1ccc(-c2ccc3c(c2)oc2ccc(-c4c5ccccc5c(-c5ccccc5)c5cc(-c6ccccc6)ccc45)cc23)cc1. The van der Waals surface area contributed by atoms with Crippen molar-refractivity contribution < 1.29 is 4.42 Å². The Bertz CT molecular complexity index is 2510. The summed E-state index contributed by atoms with van der Waals surface area (Å²) in [5.74, 6) is 0. The molecule has 0 atom stereocenters. The van der Waals surface area contributed by atoms with Crippen molar-refractivity contribution >= 4 is 43.5 Å². The van der Waals surface area contributed by atoms with Crippen molar-refractivity contribution in [2.75, 3.05) is 0 Å². The maximum Gasteiger partial charge on any atom is 0.136 e. The Morgan fingerprint density at radius 2 is 0.711 bits per heavy atom. The number of hydrogen-bond donors (Lipinski definition) is 0. The van der Waals surface area contributed by atoms with Crippen LogP contribution in [-0.2, 0) is 0 Å². The maximum atomic E-state index is 6.42. The summed E-state index contributed by atoms with van der Waals surface area (Å²) in [6, 6.07) is 61.0. The quantitative estimate of drug-likeness (QED) is 0.191. The Morgan fingerprint density at radius 1 is 0.244 bits per heavy atom. The maximum absolute atomic E-state index is 6.42. The predicted molar refractivity (Wildman–Crippen MR) is 190 cm³/mol. The van der Waals surface area contributed by atoms with Crippen LogP contribution < -0.4 is 0 Å². The van der Waals surface area contributed by atoms with Crippen molar-refractivity contribution in [1.29, 1.82) is 0 Å². The third-order valence-electron chi connectivity index (χ3n) is 9.06. The van der Waals surface area contributed by atoms with Gasteiger partial charge >= 0.3 is 0 Å². The number of furan rings is 1. The number of benzene rings is 8. The molecule has 0 bridgehead atoms. The fourth-order valence-electron chi connectivity index (χ4n) is 6.96. The topological polar surface area (TPSA) is 13.1 Å². The zero-order chi connectivity index (χ0) is 29.7. The van der Waals surface area contributed by atoms with E-state index in [0.29, 0.717) is 0 Å². The van der Waals surface area contributed by atoms with Gasteiger partial charge in [0.2, 0.25) is 0 Å². The molecular formula is C44H28O. The minimum absolute atomic E-state index is 0.903. The fourth-order valence-corrected chi connectivity index (χ4v) is 6.96. The van der Waals surface area contributed by atoms with Gasteiger partial charge in [-0.05, 0) is 96.4 Å². The van der Waals surface area contributed by atoms with Gasteiger partial charge in [-0.3, -0.25) is 0 Å². The van der Waals surface area contributed by atoms with E-state index in [1.54, 1.807) is 0 Å². The lowest BCUT2D eigenvalue weighted by atomic mass is 9.84. The van der Waals surface area contributed by atoms with Crippen LogP contribution in [0.25, 0.3) is 88.0 Å². The molecule has 45 heavy (non-hydrogen) atoms. The van der Waals surface area contributed by atoms with Crippen molar-refractivity contribution in [1.82, 2.24) is 0 Å². The highest BCUT2D eigenvalue weighted by Crippen LogP contribution is 2.46. The van der Waals surface area contributed by atoms with E-state index < -0.39 is 0 Å². The van der Waals surface area contributed by atoms with Gasteiger partial charge < -0.3 is 4.42 Å². The Balaban J connectivity index is 1.32. The second-order valence-corrected chi connectivity index (χ2v) is 11.7. The average molecular weight is 573 g/mol. The van der Waals surface area contributed by atoms with Gasteiger partial charge in [0.1, 0.15) is 11.2 Å². The lowest BCUT2D eigenvalue weighted by Gasteiger charge is -2.19. The molecule has 0 aliphatic heterocycles. The molecule has 0 aliphatic rings. The summed E-state index contributed by atoms with van der Waals surface area (Å²) in [5.41, 5.74) is 11.5. The van der Waals surface area contributed by atoms with E-state index in [9.17, 15) is 0 Å². The summed E-state index contributed by atoms with van der Waals surface area (Å²) >= 11 is 0. The molecule has 9 rings (SSSR count). The van der Waals surface area contributed by atoms with Crippen LogP contribution >= 0.6 is 0 Å². The van der Waals surface area contributed by atoms with Gasteiger partial charge in [-0.1, -0.05) is 140 Å². The van der Waals surface area contributed by atoms with E-state index >= 15 is 0 Å². The molecule has 9 aromatic rings. The predicted octanol–water partition coefficient (Wildman–Crippen LogP) is 12.6. The second kappa shape index (κ2) is 10.4. The van der Waals surface area contributed by atoms with E-state index in [4.69, 9.17) is 4.42 Å². The van der Waals surface area contributed by atoms with Crippen molar-refractivity contribution in [2.24, 2.45) is 0 Å². The first-order valence-corrected chi connectivity index (χ1v) is 15.4. The summed E-state index contributed by atoms with van der Waals surface area (Å²) in [6.45, 7) is 0. The summed E-state index contributed by atoms with van der Waals surface area (Å²) in [4.78, 5) is 0. The van der Waals surface area contributed by atoms with Gasteiger partial charge in [-0.25, -0.2) is 0 Å². The normalized spacial score (nSPS) is 11.6. The summed E-state index contributed by atoms with van der Waals surface area (Å²) in [5, 5.41) is 7.25. The smallest absolute Gasteiger partial charge is 0.136 e. The van der Waals surface area contributed by atoms with Crippen LogP contribution in [0.2, 0.25) is 0 Å². The molecule has 0 aliphatic carbocycles. The van der Waals surface area contributed by atoms with E-state index in [1.807, 2.05) is 6.07 Å². The van der Waals surface area contributed by atoms with Crippen LogP contribution in [0.15, 0.2) is 174 Å². The highest BCUT2D eigenvalue weighted by molar-refractivity contribution is 6.22. The Morgan fingerprint density at radius 3 is 1.36 bits per heavy atom. The number of fused-ring (bicyclic) bond motifs is 5. The highest BCUT2D eigenvalue weighted by Gasteiger charge is 2.19. The first-order valence-electron chi connectivity index (χ1n) is 15.4. The average Bonchev–Trinajstić information content (AvgIpc) is 3.48. The molecule has 0 saturated carbocycles. The van der Waals surface area contributed by atoms with Gasteiger partial charge in [-0.2, -0.15) is 0 Å². The van der Waals surface area contributed by atoms with Crippen LogP contribution in [0, 0.1) is 0 Å². The van der Waals surface area contributed by atoms with Gasteiger partial charge in [-0.15, -0.1) is 0 Å². The molecule has 0 amide bonds. The molecule has 0 fully saturated rings. The fraction of sp³-hybridized carbons (Fsp3) is 0. The molecule has 0 spiro atoms. The molecule has 8 aromatic carbocycles. The molecule has 1 heteroatoms. The lowest BCUT2D eigenvalue weighted by molar-refractivity contribution is 0.669. The number of hydrogen-bond acceptors (Lipinski definition) is 1. The van der Waals surface area contributed by atoms with E-state index in [0.717, 1.165) is 27.5 Å². The van der Waals surface area contributed by atoms with Gasteiger partial charge in [0, 0.05) is 10.8 Å². The van der Waals surface area contributed by atoms with Crippen LogP contribution in [0.5, 0.6) is 0 Å². The van der Waals surface area contributed by atoms with E-state index in [-0.39, 0.29) is 0 Å². The largest absolute Gasteiger partial charge is 0.456 e. The standard InChI is InChI=1S/C44H28O/c1-4-12-29(13-5-1)32-21-24-38-40(26-32)43(31-16-8-3-9-17-31)36-18-10-11-19-37(36)44(38)34-22-25-41-39(27-34)35-23-20-33(28-42(35)45-41)30-14-6-2-7-15-30/h1-28H. The molecule has 1 aromatic heterocycles. The van der Waals surface area contributed by atoms with E-state index in [1.165, 1.54) is 60.5 Å². The molecule has 0 saturated heterocycles. The molecule has 0 radical (unpaired) electrons. The van der Waals surface area contributed by atoms with Gasteiger partial charge in [0.25, 0.3) is 0 Å². The molecule has 0 N–H and O–H groups in total. The monoisotopic (exact) mass is 572 g/mol. The van der Waals surface area contributed by atoms with Crippen LogP contribution in [0.1, 0.15) is 0 Å². The lowest BCUT2D eigenvalue weighted by Crippen LogP contribution is -1.91. The highest BCUT2D eigenvalue weighted by atomic mass is 16.3. The minimum atomic E-state index is 0.903. The second-order valence-electron chi connectivity index (χ2n) is 11.7. The zero-order valence-electron chi connectivity index (χ0n) is 24.6. The summed E-state index contributed by atoms with van der Waals surface area (Å²) in [7, 11) is 0. The van der Waals surface area contributed by atoms with Gasteiger partial charge in [0.15, 0.2) is 0 Å². The zero-order valence-corrected chi connectivity index (χ0v) is 24.6. The van der Waals surface area contributed by atoms with Crippen LogP contribution in [0.4, 0.5) is 0 Å². The van der Waals surface area contributed by atoms with Crippen LogP contribution in [0.3, 0.4) is 0 Å². The first-order chi connectivity index (χ1) is 22.3. The summed E-state index contributed by atoms with van der Waals surface area (Å²) < 4.78 is 6.42. The van der Waals surface area contributed by atoms with Crippen molar-refractivity contribution in [3.05, 3.63) is 170 Å². The first kappa shape index (κ1) is 25.6. The number of rotatable bonds is 4. The molecule has 1 nitrogen and oxygen atoms in total. The molecule has 210 valence electrons. The van der Waals surface area contributed by atoms with Gasteiger partial charge in [0.05, 0.1) is 0 Å². The Kier molecular flexibility index (Phi) is 5.89. The van der Waals surface area contributed by atoms with Crippen LogP contribution in [-0.4, -0.2) is 0 Å². The third-order valence-corrected chi connectivity index (χ3v) is 9.06. The van der Waals surface area contributed by atoms with Crippen molar-refractivity contribution in [3.8, 4) is 44.5 Å². The van der Waals surface area contributed by atoms with Crippen molar-refractivity contribution in [2.45, 2.75) is 0 Å².